The van der Waals surface area contributed by atoms with Crippen LogP contribution in [0.25, 0.3) is 0 Å². The second kappa shape index (κ2) is 8.98. The molecule has 0 aliphatic carbocycles. The molecule has 1 aromatic rings. The van der Waals surface area contributed by atoms with Gasteiger partial charge < -0.3 is 15.4 Å². The Morgan fingerprint density at radius 3 is 2.78 bits per heavy atom. The standard InChI is InChI=1S/C15H19F3N2O2.ClH/c16-15(17,18)10-22-12-5-3-4-11(8-12)9-20-14(21)13-6-1-2-7-19-13;/h3-5,8,13,19H,1-2,6-7,9-10H2,(H,20,21);1H. The van der Waals surface area contributed by atoms with Gasteiger partial charge in [-0.25, -0.2) is 0 Å². The van der Waals surface area contributed by atoms with Gasteiger partial charge in [0.25, 0.3) is 0 Å². The summed E-state index contributed by atoms with van der Waals surface area (Å²) in [6.45, 7) is -0.228. The van der Waals surface area contributed by atoms with Crippen LogP contribution in [0.3, 0.4) is 0 Å². The Hall–Kier alpha value is -1.47. The molecule has 2 N–H and O–H groups in total. The number of alkyl halides is 3. The third-order valence-electron chi connectivity index (χ3n) is 3.39. The molecule has 0 saturated carbocycles. The zero-order chi connectivity index (χ0) is 16.0. The minimum Gasteiger partial charge on any atom is -0.484 e. The molecule has 0 radical (unpaired) electrons. The molecule has 1 heterocycles. The summed E-state index contributed by atoms with van der Waals surface area (Å²) < 4.78 is 41.0. The first-order valence-corrected chi connectivity index (χ1v) is 7.24. The summed E-state index contributed by atoms with van der Waals surface area (Å²) in [4.78, 5) is 12.0. The molecule has 8 heteroatoms. The lowest BCUT2D eigenvalue weighted by Gasteiger charge is -2.22. The van der Waals surface area contributed by atoms with Crippen molar-refractivity contribution >= 4 is 18.3 Å². The molecule has 1 aliphatic rings. The average molecular weight is 353 g/mol. The molecule has 1 aliphatic heterocycles. The summed E-state index contributed by atoms with van der Waals surface area (Å²) in [5.41, 5.74) is 0.698. The average Bonchev–Trinajstić information content (AvgIpc) is 2.51. The van der Waals surface area contributed by atoms with Crippen LogP contribution in [0.5, 0.6) is 5.75 Å². The fourth-order valence-electron chi connectivity index (χ4n) is 2.30. The van der Waals surface area contributed by atoms with Crippen LogP contribution in [0, 0.1) is 0 Å². The van der Waals surface area contributed by atoms with Crippen LogP contribution in [-0.4, -0.2) is 31.3 Å². The van der Waals surface area contributed by atoms with Crippen molar-refractivity contribution < 1.29 is 22.7 Å². The number of rotatable bonds is 5. The molecule has 1 saturated heterocycles. The Balaban J connectivity index is 0.00000264. The number of ether oxygens (including phenoxy) is 1. The van der Waals surface area contributed by atoms with E-state index in [2.05, 4.69) is 15.4 Å². The van der Waals surface area contributed by atoms with Crippen LogP contribution in [0.1, 0.15) is 24.8 Å². The van der Waals surface area contributed by atoms with Gasteiger partial charge in [0.1, 0.15) is 5.75 Å². The molecular weight excluding hydrogens is 333 g/mol. The normalized spacial score (nSPS) is 18.0. The fourth-order valence-corrected chi connectivity index (χ4v) is 2.30. The van der Waals surface area contributed by atoms with Crippen LogP contribution in [0.4, 0.5) is 13.2 Å². The van der Waals surface area contributed by atoms with Gasteiger partial charge in [-0.3, -0.25) is 4.79 Å². The summed E-state index contributed by atoms with van der Waals surface area (Å²) in [7, 11) is 0. The molecule has 1 fully saturated rings. The maximum absolute atomic E-state index is 12.1. The minimum absolute atomic E-state index is 0. The van der Waals surface area contributed by atoms with Gasteiger partial charge in [0, 0.05) is 6.54 Å². The first kappa shape index (κ1) is 19.6. The zero-order valence-electron chi connectivity index (χ0n) is 12.5. The largest absolute Gasteiger partial charge is 0.484 e. The van der Waals surface area contributed by atoms with Crippen LogP contribution in [0.2, 0.25) is 0 Å². The van der Waals surface area contributed by atoms with Crippen molar-refractivity contribution in [1.82, 2.24) is 10.6 Å². The Morgan fingerprint density at radius 1 is 1.35 bits per heavy atom. The van der Waals surface area contributed by atoms with Crippen molar-refractivity contribution in [2.45, 2.75) is 38.0 Å². The van der Waals surface area contributed by atoms with Gasteiger partial charge in [-0.2, -0.15) is 13.2 Å². The topological polar surface area (TPSA) is 50.4 Å². The van der Waals surface area contributed by atoms with E-state index in [0.29, 0.717) is 5.56 Å². The van der Waals surface area contributed by atoms with E-state index in [1.807, 2.05) is 0 Å². The molecule has 1 atom stereocenters. The number of piperidine rings is 1. The van der Waals surface area contributed by atoms with Gasteiger partial charge in [0.15, 0.2) is 6.61 Å². The first-order valence-electron chi connectivity index (χ1n) is 7.24. The number of halogens is 4. The van der Waals surface area contributed by atoms with Gasteiger partial charge >= 0.3 is 6.18 Å². The van der Waals surface area contributed by atoms with Crippen LogP contribution < -0.4 is 15.4 Å². The number of hydrogen-bond acceptors (Lipinski definition) is 3. The third kappa shape index (κ3) is 7.09. The SMILES string of the molecule is Cl.O=C(NCc1cccc(OCC(F)(F)F)c1)C1CCCCN1. The van der Waals surface area contributed by atoms with Crippen molar-refractivity contribution in [2.75, 3.05) is 13.2 Å². The predicted molar refractivity (Wildman–Crippen MR) is 82.7 cm³/mol. The third-order valence-corrected chi connectivity index (χ3v) is 3.39. The van der Waals surface area contributed by atoms with Gasteiger partial charge in [-0.05, 0) is 37.1 Å². The van der Waals surface area contributed by atoms with Gasteiger partial charge in [0.2, 0.25) is 5.91 Å². The van der Waals surface area contributed by atoms with Crippen LogP contribution in [-0.2, 0) is 11.3 Å². The van der Waals surface area contributed by atoms with E-state index < -0.39 is 12.8 Å². The highest BCUT2D eigenvalue weighted by Crippen LogP contribution is 2.19. The highest BCUT2D eigenvalue weighted by Gasteiger charge is 2.28. The lowest BCUT2D eigenvalue weighted by Crippen LogP contribution is -2.46. The number of benzene rings is 1. The number of carbonyl (C=O) groups is 1. The number of nitrogens with one attached hydrogen (secondary N) is 2. The van der Waals surface area contributed by atoms with Crippen molar-refractivity contribution in [2.24, 2.45) is 0 Å². The van der Waals surface area contributed by atoms with E-state index in [9.17, 15) is 18.0 Å². The minimum atomic E-state index is -4.36. The molecule has 4 nitrogen and oxygen atoms in total. The number of amides is 1. The first-order chi connectivity index (χ1) is 10.4. The molecule has 2 rings (SSSR count). The second-order valence-electron chi connectivity index (χ2n) is 5.27. The fraction of sp³-hybridized carbons (Fsp3) is 0.533. The highest BCUT2D eigenvalue weighted by molar-refractivity contribution is 5.85. The summed E-state index contributed by atoms with van der Waals surface area (Å²) in [5.74, 6) is 0.0566. The Kier molecular flexibility index (Phi) is 7.64. The molecule has 1 amide bonds. The quantitative estimate of drug-likeness (QED) is 0.856. The van der Waals surface area contributed by atoms with E-state index >= 15 is 0 Å². The Morgan fingerprint density at radius 2 is 2.13 bits per heavy atom. The molecule has 0 spiro atoms. The molecule has 1 aromatic carbocycles. The van der Waals surface area contributed by atoms with E-state index in [1.165, 1.54) is 12.1 Å². The second-order valence-corrected chi connectivity index (χ2v) is 5.27. The maximum atomic E-state index is 12.1. The maximum Gasteiger partial charge on any atom is 0.422 e. The van der Waals surface area contributed by atoms with E-state index in [4.69, 9.17) is 0 Å². The lowest BCUT2D eigenvalue weighted by atomic mass is 10.0. The zero-order valence-corrected chi connectivity index (χ0v) is 13.3. The van der Waals surface area contributed by atoms with Crippen LogP contribution in [0.15, 0.2) is 24.3 Å². The molecule has 1 unspecified atom stereocenters. The summed E-state index contributed by atoms with van der Waals surface area (Å²) in [5, 5.41) is 5.93. The van der Waals surface area contributed by atoms with E-state index in [1.54, 1.807) is 12.1 Å². The van der Waals surface area contributed by atoms with Crippen molar-refractivity contribution in [3.63, 3.8) is 0 Å². The van der Waals surface area contributed by atoms with Gasteiger partial charge in [-0.15, -0.1) is 12.4 Å². The predicted octanol–water partition coefficient (Wildman–Crippen LogP) is 2.81. The molecule has 0 aromatic heterocycles. The highest BCUT2D eigenvalue weighted by atomic mass is 35.5. The van der Waals surface area contributed by atoms with Gasteiger partial charge in [0.05, 0.1) is 6.04 Å². The van der Waals surface area contributed by atoms with E-state index in [-0.39, 0.29) is 36.7 Å². The van der Waals surface area contributed by atoms with Crippen molar-refractivity contribution in [3.8, 4) is 5.75 Å². The van der Waals surface area contributed by atoms with Crippen LogP contribution >= 0.6 is 12.4 Å². The van der Waals surface area contributed by atoms with Gasteiger partial charge in [-0.1, -0.05) is 18.6 Å². The number of carbonyl (C=O) groups excluding carboxylic acids is 1. The summed E-state index contributed by atoms with van der Waals surface area (Å²) in [6, 6.07) is 6.11. The Bertz CT molecular complexity index is 506. The summed E-state index contributed by atoms with van der Waals surface area (Å²) in [6.07, 6.45) is -1.47. The molecule has 130 valence electrons. The number of hydrogen-bond donors (Lipinski definition) is 2. The monoisotopic (exact) mass is 352 g/mol. The molecular formula is C15H20ClF3N2O2. The smallest absolute Gasteiger partial charge is 0.422 e. The Labute approximate surface area is 139 Å². The molecule has 23 heavy (non-hydrogen) atoms. The lowest BCUT2D eigenvalue weighted by molar-refractivity contribution is -0.153. The summed E-state index contributed by atoms with van der Waals surface area (Å²) >= 11 is 0. The molecule has 0 bridgehead atoms. The van der Waals surface area contributed by atoms with Crippen molar-refractivity contribution in [3.05, 3.63) is 29.8 Å². The van der Waals surface area contributed by atoms with E-state index in [0.717, 1.165) is 25.8 Å². The van der Waals surface area contributed by atoms with Crippen molar-refractivity contribution in [1.29, 1.82) is 0 Å².